The Morgan fingerprint density at radius 1 is 0.839 bits per heavy atom. The molecule has 0 saturated heterocycles. The van der Waals surface area contributed by atoms with Crippen LogP contribution in [0.1, 0.15) is 10.4 Å². The molecule has 1 heterocycles. The summed E-state index contributed by atoms with van der Waals surface area (Å²) in [6, 6.07) is 23.8. The van der Waals surface area contributed by atoms with Gasteiger partial charge in [0.2, 0.25) is 5.95 Å². The van der Waals surface area contributed by atoms with Crippen LogP contribution in [0.4, 0.5) is 11.6 Å². The Kier molecular flexibility index (Phi) is 5.74. The first-order valence-corrected chi connectivity index (χ1v) is 10.7. The molecule has 4 rings (SSSR count). The van der Waals surface area contributed by atoms with Crippen molar-refractivity contribution in [1.82, 2.24) is 25.4 Å². The van der Waals surface area contributed by atoms with Crippen LogP contribution in [0.15, 0.2) is 89.8 Å². The number of rotatable bonds is 7. The Balaban J connectivity index is 1.37. The van der Waals surface area contributed by atoms with E-state index in [0.717, 1.165) is 5.56 Å². The zero-order valence-corrected chi connectivity index (χ0v) is 16.9. The fourth-order valence-corrected chi connectivity index (χ4v) is 3.58. The van der Waals surface area contributed by atoms with Crippen LogP contribution in [-0.2, 0) is 10.0 Å². The van der Waals surface area contributed by atoms with E-state index in [4.69, 9.17) is 0 Å². The molecule has 0 atom stereocenters. The molecule has 156 valence electrons. The fraction of sp³-hybridized carbons (Fsp3) is 0. The Bertz CT molecular complexity index is 1270. The summed E-state index contributed by atoms with van der Waals surface area (Å²) < 4.78 is 24.4. The number of carbonyl (C=O) groups excluding carboxylic acids is 1. The van der Waals surface area contributed by atoms with Gasteiger partial charge in [0.1, 0.15) is 0 Å². The lowest BCUT2D eigenvalue weighted by molar-refractivity contribution is 0.0945. The third-order valence-electron chi connectivity index (χ3n) is 4.29. The lowest BCUT2D eigenvalue weighted by atomic mass is 10.2. The lowest BCUT2D eigenvalue weighted by Gasteiger charge is -2.09. The van der Waals surface area contributed by atoms with Gasteiger partial charge >= 0.3 is 0 Å². The summed E-state index contributed by atoms with van der Waals surface area (Å²) in [5.74, 6) is 0.423. The van der Waals surface area contributed by atoms with E-state index in [1.807, 2.05) is 30.3 Å². The van der Waals surface area contributed by atoms with Crippen molar-refractivity contribution in [1.29, 1.82) is 0 Å². The van der Waals surface area contributed by atoms with E-state index >= 15 is 0 Å². The Morgan fingerprint density at radius 3 is 2.16 bits per heavy atom. The molecule has 31 heavy (non-hydrogen) atoms. The van der Waals surface area contributed by atoms with E-state index in [1.54, 1.807) is 42.5 Å². The molecule has 10 heteroatoms. The second-order valence-corrected chi connectivity index (χ2v) is 8.13. The number of sulfonamides is 1. The van der Waals surface area contributed by atoms with Crippen molar-refractivity contribution in [3.63, 3.8) is 0 Å². The van der Waals surface area contributed by atoms with Crippen molar-refractivity contribution in [2.45, 2.75) is 4.90 Å². The number of aromatic amines is 1. The Morgan fingerprint density at radius 2 is 1.48 bits per heavy atom. The van der Waals surface area contributed by atoms with E-state index in [1.165, 1.54) is 12.1 Å². The number of amides is 1. The summed E-state index contributed by atoms with van der Waals surface area (Å²) in [6.07, 6.45) is 0. The molecular formula is C21H18N6O3S. The van der Waals surface area contributed by atoms with E-state index in [2.05, 4.69) is 30.8 Å². The standard InChI is InChI=1S/C21H18N6O3S/c28-20(25-27-31(29,30)18-9-5-2-6-10-18)16-11-13-17(14-12-16)22-21-23-19(24-26-21)15-7-3-1-4-8-15/h1-14,27H,(H,25,28)(H2,22,23,24,26). The average molecular weight is 434 g/mol. The monoisotopic (exact) mass is 434 g/mol. The van der Waals surface area contributed by atoms with Crippen molar-refractivity contribution in [3.8, 4) is 11.4 Å². The van der Waals surface area contributed by atoms with Gasteiger partial charge < -0.3 is 5.32 Å². The van der Waals surface area contributed by atoms with Crippen molar-refractivity contribution in [2.24, 2.45) is 0 Å². The Labute approximate surface area is 178 Å². The van der Waals surface area contributed by atoms with Gasteiger partial charge in [-0.25, -0.2) is 8.42 Å². The number of nitrogens with zero attached hydrogens (tertiary/aromatic N) is 2. The van der Waals surface area contributed by atoms with Gasteiger partial charge in [-0.3, -0.25) is 15.3 Å². The molecule has 0 aliphatic heterocycles. The number of H-pyrrole nitrogens is 1. The maximum atomic E-state index is 12.3. The van der Waals surface area contributed by atoms with Crippen molar-refractivity contribution in [2.75, 3.05) is 5.32 Å². The molecule has 1 aromatic heterocycles. The van der Waals surface area contributed by atoms with Crippen LogP contribution in [0.2, 0.25) is 0 Å². The Hall–Kier alpha value is -4.02. The number of nitrogens with one attached hydrogen (secondary N) is 4. The normalized spacial score (nSPS) is 11.1. The van der Waals surface area contributed by atoms with Gasteiger partial charge in [-0.15, -0.1) is 9.93 Å². The number of hydrogen-bond donors (Lipinski definition) is 4. The van der Waals surface area contributed by atoms with E-state index < -0.39 is 15.9 Å². The highest BCUT2D eigenvalue weighted by Gasteiger charge is 2.15. The highest BCUT2D eigenvalue weighted by atomic mass is 32.2. The van der Waals surface area contributed by atoms with Crippen LogP contribution in [0.3, 0.4) is 0 Å². The molecule has 0 bridgehead atoms. The third kappa shape index (κ3) is 4.94. The van der Waals surface area contributed by atoms with Crippen LogP contribution in [0.5, 0.6) is 0 Å². The molecule has 1 amide bonds. The van der Waals surface area contributed by atoms with Crippen LogP contribution in [-0.4, -0.2) is 29.5 Å². The number of hydrogen-bond acceptors (Lipinski definition) is 6. The second-order valence-electron chi connectivity index (χ2n) is 6.45. The zero-order chi connectivity index (χ0) is 21.7. The van der Waals surface area contributed by atoms with E-state index in [-0.39, 0.29) is 10.5 Å². The summed E-state index contributed by atoms with van der Waals surface area (Å²) in [5, 5.41) is 10.0. The summed E-state index contributed by atoms with van der Waals surface area (Å²) in [4.78, 5) is 18.8. The van der Waals surface area contributed by atoms with Gasteiger partial charge in [-0.2, -0.15) is 4.98 Å². The van der Waals surface area contributed by atoms with Gasteiger partial charge in [0.05, 0.1) is 4.90 Å². The topological polar surface area (TPSA) is 129 Å². The first kappa shape index (κ1) is 20.3. The van der Waals surface area contributed by atoms with Crippen LogP contribution < -0.4 is 15.6 Å². The molecule has 4 aromatic rings. The summed E-state index contributed by atoms with van der Waals surface area (Å²) in [7, 11) is -3.85. The zero-order valence-electron chi connectivity index (χ0n) is 16.1. The van der Waals surface area contributed by atoms with Crippen molar-refractivity contribution < 1.29 is 13.2 Å². The number of anilines is 2. The molecule has 0 fully saturated rings. The third-order valence-corrected chi connectivity index (χ3v) is 5.55. The van der Waals surface area contributed by atoms with Gasteiger partial charge in [0.15, 0.2) is 5.82 Å². The molecule has 0 unspecified atom stereocenters. The lowest BCUT2D eigenvalue weighted by Crippen LogP contribution is -2.41. The second kappa shape index (κ2) is 8.78. The van der Waals surface area contributed by atoms with E-state index in [9.17, 15) is 13.2 Å². The first-order chi connectivity index (χ1) is 15.0. The smallest absolute Gasteiger partial charge is 0.266 e. The molecule has 0 spiro atoms. The van der Waals surface area contributed by atoms with E-state index in [0.29, 0.717) is 17.5 Å². The fourth-order valence-electron chi connectivity index (χ4n) is 2.72. The molecule has 3 aromatic carbocycles. The van der Waals surface area contributed by atoms with Gasteiger partial charge in [0.25, 0.3) is 15.9 Å². The van der Waals surface area contributed by atoms with Crippen LogP contribution >= 0.6 is 0 Å². The minimum Gasteiger partial charge on any atom is -0.323 e. The van der Waals surface area contributed by atoms with Crippen molar-refractivity contribution in [3.05, 3.63) is 90.5 Å². The maximum Gasteiger partial charge on any atom is 0.266 e. The van der Waals surface area contributed by atoms with Crippen LogP contribution in [0.25, 0.3) is 11.4 Å². The highest BCUT2D eigenvalue weighted by molar-refractivity contribution is 7.89. The quantitative estimate of drug-likeness (QED) is 0.331. The highest BCUT2D eigenvalue weighted by Crippen LogP contribution is 2.18. The molecule has 4 N–H and O–H groups in total. The summed E-state index contributed by atoms with van der Waals surface area (Å²) in [5.41, 5.74) is 4.06. The maximum absolute atomic E-state index is 12.3. The minimum atomic E-state index is -3.85. The van der Waals surface area contributed by atoms with Crippen molar-refractivity contribution >= 4 is 27.6 Å². The number of benzene rings is 3. The number of carbonyl (C=O) groups is 1. The van der Waals surface area contributed by atoms with Gasteiger partial charge in [-0.1, -0.05) is 48.5 Å². The first-order valence-electron chi connectivity index (χ1n) is 9.23. The number of hydrazine groups is 1. The largest absolute Gasteiger partial charge is 0.323 e. The minimum absolute atomic E-state index is 0.0521. The summed E-state index contributed by atoms with van der Waals surface area (Å²) in [6.45, 7) is 0. The molecule has 9 nitrogen and oxygen atoms in total. The molecule has 0 aliphatic carbocycles. The molecule has 0 radical (unpaired) electrons. The predicted octanol–water partition coefficient (Wildman–Crippen LogP) is 2.84. The van der Waals surface area contributed by atoms with Gasteiger partial charge in [0, 0.05) is 16.8 Å². The molecule has 0 aliphatic rings. The van der Waals surface area contributed by atoms with Crippen LogP contribution in [0, 0.1) is 0 Å². The summed E-state index contributed by atoms with van der Waals surface area (Å²) >= 11 is 0. The van der Waals surface area contributed by atoms with Gasteiger partial charge in [-0.05, 0) is 36.4 Å². The molecular weight excluding hydrogens is 416 g/mol. The molecule has 0 saturated carbocycles. The predicted molar refractivity (Wildman–Crippen MR) is 116 cm³/mol. The number of aromatic nitrogens is 3. The average Bonchev–Trinajstić information content (AvgIpc) is 3.28. The SMILES string of the molecule is O=C(NNS(=O)(=O)c1ccccc1)c1ccc(Nc2n[nH]c(-c3ccccc3)n2)cc1.